The molecular formula is C11H12Cl2O4. The van der Waals surface area contributed by atoms with E-state index in [2.05, 4.69) is 4.74 Å². The van der Waals surface area contributed by atoms with E-state index in [1.54, 1.807) is 6.92 Å². The van der Waals surface area contributed by atoms with Gasteiger partial charge in [0.1, 0.15) is 5.75 Å². The Balaban J connectivity index is 2.88. The zero-order chi connectivity index (χ0) is 13.0. The number of aliphatic hydroxyl groups is 1. The third kappa shape index (κ3) is 3.77. The van der Waals surface area contributed by atoms with Crippen molar-refractivity contribution in [2.45, 2.75) is 19.4 Å². The van der Waals surface area contributed by atoms with E-state index in [1.807, 2.05) is 0 Å². The summed E-state index contributed by atoms with van der Waals surface area (Å²) in [7, 11) is 0. The van der Waals surface area contributed by atoms with E-state index in [0.29, 0.717) is 0 Å². The Morgan fingerprint density at radius 3 is 2.71 bits per heavy atom. The Morgan fingerprint density at radius 1 is 1.47 bits per heavy atom. The minimum Gasteiger partial charge on any atom is -0.506 e. The SMILES string of the molecule is CCOC(=O)CC(O)c1cc(Cl)cc(Cl)c1O. The average molecular weight is 279 g/mol. The molecule has 0 spiro atoms. The molecule has 0 fully saturated rings. The number of rotatable bonds is 4. The zero-order valence-electron chi connectivity index (χ0n) is 9.11. The summed E-state index contributed by atoms with van der Waals surface area (Å²) in [5.41, 5.74) is 0.107. The second-order valence-corrected chi connectivity index (χ2v) is 4.19. The van der Waals surface area contributed by atoms with Crippen LogP contribution in [0.1, 0.15) is 25.0 Å². The Morgan fingerprint density at radius 2 is 2.12 bits per heavy atom. The lowest BCUT2D eigenvalue weighted by Crippen LogP contribution is -2.10. The molecule has 4 nitrogen and oxygen atoms in total. The van der Waals surface area contributed by atoms with Gasteiger partial charge < -0.3 is 14.9 Å². The van der Waals surface area contributed by atoms with Gasteiger partial charge in [0.2, 0.25) is 0 Å². The van der Waals surface area contributed by atoms with Crippen LogP contribution in [0, 0.1) is 0 Å². The Bertz CT molecular complexity index is 420. The number of phenolic OH excluding ortho intramolecular Hbond substituents is 1. The van der Waals surface area contributed by atoms with Crippen LogP contribution in [0.5, 0.6) is 5.75 Å². The first kappa shape index (κ1) is 14.1. The van der Waals surface area contributed by atoms with E-state index in [9.17, 15) is 15.0 Å². The second-order valence-electron chi connectivity index (χ2n) is 3.35. The van der Waals surface area contributed by atoms with Gasteiger partial charge >= 0.3 is 5.97 Å². The topological polar surface area (TPSA) is 66.8 Å². The Labute approximate surface area is 109 Å². The number of carbonyl (C=O) groups excluding carboxylic acids is 1. The number of hydrogen-bond acceptors (Lipinski definition) is 4. The van der Waals surface area contributed by atoms with Crippen molar-refractivity contribution < 1.29 is 19.7 Å². The number of aliphatic hydroxyl groups excluding tert-OH is 1. The van der Waals surface area contributed by atoms with Crippen molar-refractivity contribution in [3.8, 4) is 5.75 Å². The monoisotopic (exact) mass is 278 g/mol. The molecular weight excluding hydrogens is 267 g/mol. The van der Waals surface area contributed by atoms with Gasteiger partial charge in [0.15, 0.2) is 0 Å². The van der Waals surface area contributed by atoms with Gasteiger partial charge in [0, 0.05) is 10.6 Å². The van der Waals surface area contributed by atoms with Gasteiger partial charge in [-0.25, -0.2) is 0 Å². The van der Waals surface area contributed by atoms with E-state index in [4.69, 9.17) is 23.2 Å². The molecule has 0 radical (unpaired) electrons. The maximum Gasteiger partial charge on any atom is 0.308 e. The summed E-state index contributed by atoms with van der Waals surface area (Å²) in [5, 5.41) is 19.7. The van der Waals surface area contributed by atoms with E-state index in [0.717, 1.165) is 0 Å². The van der Waals surface area contributed by atoms with Gasteiger partial charge in [-0.2, -0.15) is 0 Å². The van der Waals surface area contributed by atoms with E-state index in [1.165, 1.54) is 12.1 Å². The molecule has 0 aliphatic rings. The molecule has 94 valence electrons. The summed E-state index contributed by atoms with van der Waals surface area (Å²) in [4.78, 5) is 11.2. The fourth-order valence-corrected chi connectivity index (χ4v) is 1.84. The van der Waals surface area contributed by atoms with Gasteiger partial charge in [0.05, 0.1) is 24.2 Å². The number of carbonyl (C=O) groups is 1. The van der Waals surface area contributed by atoms with Crippen LogP contribution >= 0.6 is 23.2 Å². The minimum absolute atomic E-state index is 0.0235. The van der Waals surface area contributed by atoms with Crippen molar-refractivity contribution in [2.24, 2.45) is 0 Å². The molecule has 1 rings (SSSR count). The van der Waals surface area contributed by atoms with Crippen LogP contribution in [0.4, 0.5) is 0 Å². The lowest BCUT2D eigenvalue weighted by atomic mass is 10.1. The lowest BCUT2D eigenvalue weighted by Gasteiger charge is -2.13. The van der Waals surface area contributed by atoms with E-state index < -0.39 is 12.1 Å². The van der Waals surface area contributed by atoms with Crippen molar-refractivity contribution >= 4 is 29.2 Å². The molecule has 0 amide bonds. The summed E-state index contributed by atoms with van der Waals surface area (Å²) in [6, 6.07) is 2.70. The molecule has 0 saturated heterocycles. The number of benzene rings is 1. The number of phenols is 1. The number of hydrogen-bond donors (Lipinski definition) is 2. The molecule has 1 aromatic rings. The van der Waals surface area contributed by atoms with Crippen LogP contribution in [-0.4, -0.2) is 22.8 Å². The molecule has 6 heteroatoms. The predicted molar refractivity (Wildman–Crippen MR) is 64.3 cm³/mol. The Hall–Kier alpha value is -0.970. The summed E-state index contributed by atoms with van der Waals surface area (Å²) in [5.74, 6) is -0.844. The quantitative estimate of drug-likeness (QED) is 0.831. The highest BCUT2D eigenvalue weighted by molar-refractivity contribution is 6.35. The number of aromatic hydroxyl groups is 1. The van der Waals surface area contributed by atoms with Gasteiger partial charge in [0.25, 0.3) is 0 Å². The molecule has 0 aliphatic carbocycles. The molecule has 1 aromatic carbocycles. The highest BCUT2D eigenvalue weighted by atomic mass is 35.5. The predicted octanol–water partition coefficient (Wildman–Crippen LogP) is 2.69. The maximum atomic E-state index is 11.2. The van der Waals surface area contributed by atoms with Gasteiger partial charge in [-0.15, -0.1) is 0 Å². The maximum absolute atomic E-state index is 11.2. The van der Waals surface area contributed by atoms with Gasteiger partial charge in [-0.05, 0) is 19.1 Å². The molecule has 0 aromatic heterocycles. The first-order chi connectivity index (χ1) is 7.95. The Kier molecular flexibility index (Phi) is 5.05. The standard InChI is InChI=1S/C11H12Cl2O4/c1-2-17-10(15)5-9(14)7-3-6(12)4-8(13)11(7)16/h3-4,9,14,16H,2,5H2,1H3. The van der Waals surface area contributed by atoms with Crippen LogP contribution in [-0.2, 0) is 9.53 Å². The van der Waals surface area contributed by atoms with E-state index >= 15 is 0 Å². The lowest BCUT2D eigenvalue weighted by molar-refractivity contribution is -0.145. The van der Waals surface area contributed by atoms with E-state index in [-0.39, 0.29) is 34.4 Å². The second kappa shape index (κ2) is 6.10. The first-order valence-electron chi connectivity index (χ1n) is 4.97. The highest BCUT2D eigenvalue weighted by Gasteiger charge is 2.19. The zero-order valence-corrected chi connectivity index (χ0v) is 10.6. The van der Waals surface area contributed by atoms with Crippen LogP contribution < -0.4 is 0 Å². The highest BCUT2D eigenvalue weighted by Crippen LogP contribution is 2.35. The van der Waals surface area contributed by atoms with Crippen LogP contribution in [0.2, 0.25) is 10.0 Å². The van der Waals surface area contributed by atoms with Crippen molar-refractivity contribution in [3.05, 3.63) is 27.7 Å². The average Bonchev–Trinajstić information content (AvgIpc) is 2.23. The normalized spacial score (nSPS) is 12.2. The molecule has 2 N–H and O–H groups in total. The minimum atomic E-state index is -1.20. The molecule has 0 saturated carbocycles. The molecule has 1 unspecified atom stereocenters. The summed E-state index contributed by atoms with van der Waals surface area (Å²) in [6.07, 6.45) is -1.47. The van der Waals surface area contributed by atoms with Crippen LogP contribution in [0.15, 0.2) is 12.1 Å². The molecule has 0 heterocycles. The van der Waals surface area contributed by atoms with Crippen molar-refractivity contribution in [1.29, 1.82) is 0 Å². The molecule has 17 heavy (non-hydrogen) atoms. The van der Waals surface area contributed by atoms with Crippen LogP contribution in [0.3, 0.4) is 0 Å². The van der Waals surface area contributed by atoms with Gasteiger partial charge in [-0.1, -0.05) is 23.2 Å². The third-order valence-electron chi connectivity index (χ3n) is 2.08. The van der Waals surface area contributed by atoms with Gasteiger partial charge in [-0.3, -0.25) is 4.79 Å². The fourth-order valence-electron chi connectivity index (χ4n) is 1.33. The smallest absolute Gasteiger partial charge is 0.308 e. The molecule has 1 atom stereocenters. The van der Waals surface area contributed by atoms with Crippen molar-refractivity contribution in [2.75, 3.05) is 6.61 Å². The first-order valence-corrected chi connectivity index (χ1v) is 5.72. The molecule has 0 aliphatic heterocycles. The number of halogens is 2. The van der Waals surface area contributed by atoms with Crippen molar-refractivity contribution in [1.82, 2.24) is 0 Å². The van der Waals surface area contributed by atoms with Crippen molar-refractivity contribution in [3.63, 3.8) is 0 Å². The summed E-state index contributed by atoms with van der Waals surface area (Å²) >= 11 is 11.4. The third-order valence-corrected chi connectivity index (χ3v) is 2.59. The summed E-state index contributed by atoms with van der Waals surface area (Å²) < 4.78 is 4.69. The number of ether oxygens (including phenoxy) is 1. The van der Waals surface area contributed by atoms with Crippen LogP contribution in [0.25, 0.3) is 0 Å². The molecule has 0 bridgehead atoms. The number of esters is 1. The summed E-state index contributed by atoms with van der Waals surface area (Å²) in [6.45, 7) is 1.89. The fraction of sp³-hybridized carbons (Fsp3) is 0.364. The largest absolute Gasteiger partial charge is 0.506 e.